The van der Waals surface area contributed by atoms with Crippen LogP contribution in [0.25, 0.3) is 121 Å². The van der Waals surface area contributed by atoms with E-state index in [4.69, 9.17) is 15.0 Å². The number of hydrogen-bond donors (Lipinski definition) is 0. The Bertz CT molecular complexity index is 3560. The molecule has 0 saturated heterocycles. The lowest BCUT2D eigenvalue weighted by atomic mass is 9.89. The van der Waals surface area contributed by atoms with Crippen LogP contribution in [-0.2, 0) is 0 Å². The van der Waals surface area contributed by atoms with Crippen molar-refractivity contribution in [1.82, 2.24) is 15.0 Å². The van der Waals surface area contributed by atoms with Gasteiger partial charge >= 0.3 is 0 Å². The fourth-order valence-electron chi connectivity index (χ4n) is 9.06. The van der Waals surface area contributed by atoms with E-state index in [0.717, 1.165) is 56.0 Å². The highest BCUT2D eigenvalue weighted by Gasteiger charge is 2.18. The molecule has 2 aromatic heterocycles. The molecule has 0 spiro atoms. The van der Waals surface area contributed by atoms with Crippen molar-refractivity contribution < 1.29 is 0 Å². The second-order valence-electron chi connectivity index (χ2n) is 15.6. The third kappa shape index (κ3) is 5.71. The standard InChI is InChI=1S/C57H35N3/c1-3-14-40-32-43(30-26-36(40)12-1)52-35-53(44-31-27-37-13-2-4-15-41(37)33-44)60-57(59-52)45-17-11-16-42(34-45)38-24-28-39(29-25-38)56-55-49-21-8-6-19-47(49)46-18-5-7-20-48(46)54(55)50-22-9-10-23-51(50)58-56/h1-35H. The van der Waals surface area contributed by atoms with Crippen molar-refractivity contribution in [3.8, 4) is 56.3 Å². The Labute approximate surface area is 346 Å². The maximum absolute atomic E-state index is 5.37. The number of benzene rings is 10. The summed E-state index contributed by atoms with van der Waals surface area (Å²) >= 11 is 0. The smallest absolute Gasteiger partial charge is 0.160 e. The van der Waals surface area contributed by atoms with Crippen LogP contribution in [0.4, 0.5) is 0 Å². The third-order valence-electron chi connectivity index (χ3n) is 12.0. The van der Waals surface area contributed by atoms with Gasteiger partial charge in [-0.15, -0.1) is 0 Å². The van der Waals surface area contributed by atoms with Gasteiger partial charge < -0.3 is 0 Å². The first-order valence-electron chi connectivity index (χ1n) is 20.4. The van der Waals surface area contributed by atoms with Gasteiger partial charge in [-0.2, -0.15) is 0 Å². The van der Waals surface area contributed by atoms with E-state index in [-0.39, 0.29) is 0 Å². The van der Waals surface area contributed by atoms with E-state index in [9.17, 15) is 0 Å². The van der Waals surface area contributed by atoms with Crippen molar-refractivity contribution >= 4 is 64.8 Å². The molecule has 0 fully saturated rings. The average molecular weight is 762 g/mol. The summed E-state index contributed by atoms with van der Waals surface area (Å²) in [5, 5.41) is 13.3. The minimum atomic E-state index is 0.688. The summed E-state index contributed by atoms with van der Waals surface area (Å²) in [4.78, 5) is 15.8. The largest absolute Gasteiger partial charge is 0.247 e. The van der Waals surface area contributed by atoms with E-state index in [1.165, 1.54) is 59.2 Å². The molecule has 12 aromatic rings. The molecule has 278 valence electrons. The summed E-state index contributed by atoms with van der Waals surface area (Å²) in [7, 11) is 0. The zero-order valence-corrected chi connectivity index (χ0v) is 32.5. The lowest BCUT2D eigenvalue weighted by Gasteiger charge is -2.16. The molecule has 0 radical (unpaired) electrons. The molecule has 0 aliphatic carbocycles. The second kappa shape index (κ2) is 13.8. The van der Waals surface area contributed by atoms with Crippen molar-refractivity contribution in [3.63, 3.8) is 0 Å². The molecule has 10 aromatic carbocycles. The van der Waals surface area contributed by atoms with Crippen molar-refractivity contribution in [1.29, 1.82) is 0 Å². The molecule has 0 atom stereocenters. The van der Waals surface area contributed by atoms with Crippen LogP contribution < -0.4 is 0 Å². The van der Waals surface area contributed by atoms with Gasteiger partial charge in [0.25, 0.3) is 0 Å². The molecular weight excluding hydrogens is 727 g/mol. The van der Waals surface area contributed by atoms with Gasteiger partial charge in [0.15, 0.2) is 5.82 Å². The van der Waals surface area contributed by atoms with Gasteiger partial charge in [0.1, 0.15) is 0 Å². The third-order valence-corrected chi connectivity index (χ3v) is 12.0. The van der Waals surface area contributed by atoms with Crippen LogP contribution in [0.1, 0.15) is 0 Å². The summed E-state index contributed by atoms with van der Waals surface area (Å²) in [5.41, 5.74) is 10.1. The van der Waals surface area contributed by atoms with Crippen LogP contribution in [0, 0.1) is 0 Å². The zero-order valence-electron chi connectivity index (χ0n) is 32.5. The number of pyridine rings is 1. The number of nitrogens with zero attached hydrogens (tertiary/aromatic N) is 3. The quantitative estimate of drug-likeness (QED) is 0.164. The molecule has 3 heteroatoms. The molecular formula is C57H35N3. The first-order chi connectivity index (χ1) is 29.7. The monoisotopic (exact) mass is 761 g/mol. The molecule has 0 saturated carbocycles. The van der Waals surface area contributed by atoms with Crippen molar-refractivity contribution in [2.45, 2.75) is 0 Å². The van der Waals surface area contributed by atoms with Crippen LogP contribution >= 0.6 is 0 Å². The number of fused-ring (bicyclic) bond motifs is 10. The highest BCUT2D eigenvalue weighted by molar-refractivity contribution is 6.33. The first kappa shape index (κ1) is 34.1. The molecule has 0 aliphatic rings. The summed E-state index contributed by atoms with van der Waals surface area (Å²) < 4.78 is 0. The van der Waals surface area contributed by atoms with E-state index in [0.29, 0.717) is 5.82 Å². The van der Waals surface area contributed by atoms with Gasteiger partial charge in [-0.05, 0) is 84.5 Å². The molecule has 0 N–H and O–H groups in total. The topological polar surface area (TPSA) is 38.7 Å². The Morgan fingerprint density at radius 1 is 0.250 bits per heavy atom. The summed E-state index contributed by atoms with van der Waals surface area (Å²) in [6, 6.07) is 75.7. The normalized spacial score (nSPS) is 11.7. The number of hydrogen-bond acceptors (Lipinski definition) is 3. The van der Waals surface area contributed by atoms with Gasteiger partial charge in [0.05, 0.1) is 22.6 Å². The van der Waals surface area contributed by atoms with Crippen LogP contribution in [0.15, 0.2) is 212 Å². The molecule has 0 aliphatic heterocycles. The number of rotatable bonds is 5. The van der Waals surface area contributed by atoms with Crippen molar-refractivity contribution in [2.75, 3.05) is 0 Å². The van der Waals surface area contributed by atoms with Crippen LogP contribution in [0.3, 0.4) is 0 Å². The molecule has 0 unspecified atom stereocenters. The van der Waals surface area contributed by atoms with E-state index < -0.39 is 0 Å². The SMILES string of the molecule is c1cc(-c2ccc(-c3nc4ccccc4c4c5ccccc5c5ccccc5c34)cc2)cc(-c2nc(-c3ccc4ccccc4c3)cc(-c3ccc4ccccc4c3)n2)c1. The molecule has 2 heterocycles. The fraction of sp³-hybridized carbons (Fsp3) is 0. The lowest BCUT2D eigenvalue weighted by molar-refractivity contribution is 1.18. The minimum absolute atomic E-state index is 0.688. The van der Waals surface area contributed by atoms with E-state index in [1.54, 1.807) is 0 Å². The van der Waals surface area contributed by atoms with Crippen LogP contribution in [0.2, 0.25) is 0 Å². The Balaban J connectivity index is 0.983. The van der Waals surface area contributed by atoms with Gasteiger partial charge in [-0.3, -0.25) is 0 Å². The van der Waals surface area contributed by atoms with Crippen LogP contribution in [0.5, 0.6) is 0 Å². The summed E-state index contributed by atoms with van der Waals surface area (Å²) in [5.74, 6) is 0.688. The predicted octanol–water partition coefficient (Wildman–Crippen LogP) is 15.1. The Morgan fingerprint density at radius 2 is 0.733 bits per heavy atom. The Morgan fingerprint density at radius 3 is 1.37 bits per heavy atom. The predicted molar refractivity (Wildman–Crippen MR) is 252 cm³/mol. The van der Waals surface area contributed by atoms with E-state index in [2.05, 4.69) is 212 Å². The molecule has 3 nitrogen and oxygen atoms in total. The van der Waals surface area contributed by atoms with Gasteiger partial charge in [0, 0.05) is 38.4 Å². The minimum Gasteiger partial charge on any atom is -0.247 e. The number of aromatic nitrogens is 3. The molecule has 60 heavy (non-hydrogen) atoms. The van der Waals surface area contributed by atoms with Gasteiger partial charge in [-0.1, -0.05) is 182 Å². The fourth-order valence-corrected chi connectivity index (χ4v) is 9.06. The average Bonchev–Trinajstić information content (AvgIpc) is 3.33. The number of para-hydroxylation sites is 1. The highest BCUT2D eigenvalue weighted by Crippen LogP contribution is 2.43. The highest BCUT2D eigenvalue weighted by atomic mass is 14.9. The lowest BCUT2D eigenvalue weighted by Crippen LogP contribution is -1.96. The van der Waals surface area contributed by atoms with E-state index >= 15 is 0 Å². The first-order valence-corrected chi connectivity index (χ1v) is 20.4. The molecule has 0 bridgehead atoms. The van der Waals surface area contributed by atoms with Crippen molar-refractivity contribution in [3.05, 3.63) is 212 Å². The van der Waals surface area contributed by atoms with Crippen LogP contribution in [-0.4, -0.2) is 15.0 Å². The summed E-state index contributed by atoms with van der Waals surface area (Å²) in [6.07, 6.45) is 0. The molecule has 12 rings (SSSR count). The second-order valence-corrected chi connectivity index (χ2v) is 15.6. The van der Waals surface area contributed by atoms with Gasteiger partial charge in [0.2, 0.25) is 0 Å². The Hall–Kier alpha value is -8.01. The summed E-state index contributed by atoms with van der Waals surface area (Å²) in [6.45, 7) is 0. The Kier molecular flexibility index (Phi) is 7.85. The zero-order chi connectivity index (χ0) is 39.6. The maximum atomic E-state index is 5.37. The molecule has 0 amide bonds. The maximum Gasteiger partial charge on any atom is 0.160 e. The van der Waals surface area contributed by atoms with E-state index in [1.807, 2.05) is 0 Å². The van der Waals surface area contributed by atoms with Gasteiger partial charge in [-0.25, -0.2) is 15.0 Å². The van der Waals surface area contributed by atoms with Crippen molar-refractivity contribution in [2.24, 2.45) is 0 Å².